The molecule has 2 fully saturated rings. The third kappa shape index (κ3) is 0.953. The van der Waals surface area contributed by atoms with Crippen LogP contribution in [0.5, 0.6) is 0 Å². The van der Waals surface area contributed by atoms with Crippen molar-refractivity contribution in [3.8, 4) is 0 Å². The molecule has 0 bridgehead atoms. The zero-order valence-corrected chi connectivity index (χ0v) is 7.64. The average Bonchev–Trinajstić information content (AvgIpc) is 2.49. The molecule has 0 aromatic rings. The van der Waals surface area contributed by atoms with Gasteiger partial charge in [0.1, 0.15) is 0 Å². The molecule has 0 N–H and O–H groups in total. The second-order valence-corrected chi connectivity index (χ2v) is 4.71. The summed E-state index contributed by atoms with van der Waals surface area (Å²) in [5.74, 6) is 2.95. The van der Waals surface area contributed by atoms with Gasteiger partial charge >= 0.3 is 0 Å². The Balaban J connectivity index is 1.98. The number of hydrogen-bond donors (Lipinski definition) is 0. The zero-order chi connectivity index (χ0) is 8.06. The van der Waals surface area contributed by atoms with E-state index in [1.807, 2.05) is 0 Å². The van der Waals surface area contributed by atoms with Crippen molar-refractivity contribution in [1.82, 2.24) is 0 Å². The van der Waals surface area contributed by atoms with E-state index in [-0.39, 0.29) is 0 Å². The van der Waals surface area contributed by atoms with E-state index in [4.69, 9.17) is 0 Å². The van der Waals surface area contributed by atoms with E-state index in [9.17, 15) is 0 Å². The SMILES string of the molecule is C=CC1C2CC(C)(CC)CC12. The second-order valence-electron chi connectivity index (χ2n) is 4.71. The summed E-state index contributed by atoms with van der Waals surface area (Å²) in [7, 11) is 0. The minimum Gasteiger partial charge on any atom is -0.103 e. The molecule has 2 atom stereocenters. The summed E-state index contributed by atoms with van der Waals surface area (Å²) in [5.41, 5.74) is 0.689. The van der Waals surface area contributed by atoms with E-state index in [1.165, 1.54) is 19.3 Å². The third-order valence-electron chi connectivity index (χ3n) is 3.98. The van der Waals surface area contributed by atoms with E-state index in [0.717, 1.165) is 17.8 Å². The first kappa shape index (κ1) is 7.39. The highest BCUT2D eigenvalue weighted by Gasteiger charge is 2.57. The molecule has 2 rings (SSSR count). The van der Waals surface area contributed by atoms with Crippen LogP contribution < -0.4 is 0 Å². The molecular weight excluding hydrogens is 132 g/mol. The second kappa shape index (κ2) is 2.12. The smallest absolute Gasteiger partial charge is 0.0173 e. The average molecular weight is 150 g/mol. The summed E-state index contributed by atoms with van der Waals surface area (Å²) in [6.45, 7) is 8.65. The minimum atomic E-state index is 0.689. The molecule has 0 nitrogen and oxygen atoms in total. The topological polar surface area (TPSA) is 0 Å². The van der Waals surface area contributed by atoms with E-state index >= 15 is 0 Å². The van der Waals surface area contributed by atoms with Crippen molar-refractivity contribution < 1.29 is 0 Å². The molecule has 11 heavy (non-hydrogen) atoms. The summed E-state index contributed by atoms with van der Waals surface area (Å²) < 4.78 is 0. The first-order valence-corrected chi connectivity index (χ1v) is 4.83. The van der Waals surface area contributed by atoms with E-state index in [1.54, 1.807) is 0 Å². The van der Waals surface area contributed by atoms with Crippen LogP contribution in [-0.4, -0.2) is 0 Å². The lowest BCUT2D eigenvalue weighted by molar-refractivity contribution is 0.277. The molecule has 0 radical (unpaired) electrons. The highest BCUT2D eigenvalue weighted by atomic mass is 14.6. The van der Waals surface area contributed by atoms with Gasteiger partial charge in [0.05, 0.1) is 0 Å². The Bertz CT molecular complexity index is 168. The van der Waals surface area contributed by atoms with E-state index in [0.29, 0.717) is 5.41 Å². The van der Waals surface area contributed by atoms with Crippen molar-refractivity contribution in [2.24, 2.45) is 23.2 Å². The molecular formula is C11H18. The number of allylic oxidation sites excluding steroid dienone is 1. The van der Waals surface area contributed by atoms with Crippen LogP contribution in [0.15, 0.2) is 12.7 Å². The normalized spacial score (nSPS) is 53.8. The van der Waals surface area contributed by atoms with Crippen molar-refractivity contribution >= 4 is 0 Å². The Hall–Kier alpha value is -0.260. The van der Waals surface area contributed by atoms with Gasteiger partial charge in [-0.15, -0.1) is 6.58 Å². The Morgan fingerprint density at radius 3 is 2.36 bits per heavy atom. The highest BCUT2D eigenvalue weighted by Crippen LogP contribution is 2.65. The van der Waals surface area contributed by atoms with Crippen LogP contribution in [-0.2, 0) is 0 Å². The van der Waals surface area contributed by atoms with Crippen molar-refractivity contribution in [3.05, 3.63) is 12.7 Å². The zero-order valence-electron chi connectivity index (χ0n) is 7.64. The minimum absolute atomic E-state index is 0.689. The summed E-state index contributed by atoms with van der Waals surface area (Å²) in [6, 6.07) is 0. The van der Waals surface area contributed by atoms with Gasteiger partial charge in [-0.3, -0.25) is 0 Å². The number of rotatable bonds is 2. The summed E-state index contributed by atoms with van der Waals surface area (Å²) in [6.07, 6.45) is 6.46. The van der Waals surface area contributed by atoms with Crippen molar-refractivity contribution in [3.63, 3.8) is 0 Å². The lowest BCUT2D eigenvalue weighted by Gasteiger charge is -2.24. The van der Waals surface area contributed by atoms with Gasteiger partial charge in [0, 0.05) is 0 Å². The molecule has 2 aliphatic rings. The summed E-state index contributed by atoms with van der Waals surface area (Å²) in [4.78, 5) is 0. The van der Waals surface area contributed by atoms with Gasteiger partial charge in [0.2, 0.25) is 0 Å². The summed E-state index contributed by atoms with van der Waals surface area (Å²) >= 11 is 0. The quantitative estimate of drug-likeness (QED) is 0.530. The molecule has 0 heterocycles. The maximum atomic E-state index is 3.88. The van der Waals surface area contributed by atoms with Gasteiger partial charge in [-0.05, 0) is 36.0 Å². The van der Waals surface area contributed by atoms with Crippen LogP contribution >= 0.6 is 0 Å². The molecule has 0 aromatic carbocycles. The molecule has 0 heteroatoms. The fourth-order valence-corrected chi connectivity index (χ4v) is 2.91. The molecule has 0 aromatic heterocycles. The van der Waals surface area contributed by atoms with Crippen LogP contribution in [0.2, 0.25) is 0 Å². The van der Waals surface area contributed by atoms with Gasteiger partial charge in [-0.25, -0.2) is 0 Å². The maximum Gasteiger partial charge on any atom is -0.0173 e. The lowest BCUT2D eigenvalue weighted by Crippen LogP contribution is -2.13. The van der Waals surface area contributed by atoms with Gasteiger partial charge in [0.15, 0.2) is 0 Å². The Kier molecular flexibility index (Phi) is 1.42. The lowest BCUT2D eigenvalue weighted by atomic mass is 9.81. The van der Waals surface area contributed by atoms with Crippen LogP contribution in [0.25, 0.3) is 0 Å². The van der Waals surface area contributed by atoms with Gasteiger partial charge < -0.3 is 0 Å². The van der Waals surface area contributed by atoms with E-state index in [2.05, 4.69) is 26.5 Å². The fraction of sp³-hybridized carbons (Fsp3) is 0.818. The molecule has 62 valence electrons. The molecule has 2 saturated carbocycles. The van der Waals surface area contributed by atoms with Gasteiger partial charge in [-0.1, -0.05) is 26.3 Å². The van der Waals surface area contributed by atoms with Gasteiger partial charge in [-0.2, -0.15) is 0 Å². The van der Waals surface area contributed by atoms with Crippen LogP contribution in [0.3, 0.4) is 0 Å². The number of fused-ring (bicyclic) bond motifs is 1. The van der Waals surface area contributed by atoms with Crippen LogP contribution in [0.4, 0.5) is 0 Å². The maximum absolute atomic E-state index is 3.88. The molecule has 0 spiro atoms. The highest BCUT2D eigenvalue weighted by molar-refractivity contribution is 5.13. The predicted octanol–water partition coefficient (Wildman–Crippen LogP) is 3.24. The third-order valence-corrected chi connectivity index (χ3v) is 3.98. The molecule has 2 aliphatic carbocycles. The first-order chi connectivity index (χ1) is 5.20. The Labute approximate surface area is 69.7 Å². The van der Waals surface area contributed by atoms with Crippen LogP contribution in [0, 0.1) is 23.2 Å². The summed E-state index contributed by atoms with van der Waals surface area (Å²) in [5, 5.41) is 0. The molecule has 0 aliphatic heterocycles. The molecule has 0 amide bonds. The van der Waals surface area contributed by atoms with Crippen molar-refractivity contribution in [2.75, 3.05) is 0 Å². The number of hydrogen-bond acceptors (Lipinski definition) is 0. The standard InChI is InChI=1S/C11H18/c1-4-8-9-6-11(3,5-2)7-10(8)9/h4,8-10H,1,5-7H2,2-3H3. The molecule has 2 unspecified atom stereocenters. The Morgan fingerprint density at radius 1 is 1.45 bits per heavy atom. The molecule has 0 saturated heterocycles. The monoisotopic (exact) mass is 150 g/mol. The first-order valence-electron chi connectivity index (χ1n) is 4.83. The Morgan fingerprint density at radius 2 is 2.00 bits per heavy atom. The van der Waals surface area contributed by atoms with Crippen LogP contribution in [0.1, 0.15) is 33.1 Å². The fourth-order valence-electron chi connectivity index (χ4n) is 2.91. The largest absolute Gasteiger partial charge is 0.103 e. The van der Waals surface area contributed by atoms with Crippen molar-refractivity contribution in [2.45, 2.75) is 33.1 Å². The van der Waals surface area contributed by atoms with Gasteiger partial charge in [0.25, 0.3) is 0 Å². The van der Waals surface area contributed by atoms with Crippen molar-refractivity contribution in [1.29, 1.82) is 0 Å². The van der Waals surface area contributed by atoms with E-state index < -0.39 is 0 Å². The predicted molar refractivity (Wildman–Crippen MR) is 48.3 cm³/mol.